The highest BCUT2D eigenvalue weighted by Crippen LogP contribution is 2.20. The number of pyridine rings is 2. The van der Waals surface area contributed by atoms with Crippen molar-refractivity contribution in [1.82, 2.24) is 9.97 Å². The molecule has 0 saturated heterocycles. The summed E-state index contributed by atoms with van der Waals surface area (Å²) in [5, 5.41) is 3.84. The Bertz CT molecular complexity index is 957. The van der Waals surface area contributed by atoms with Crippen molar-refractivity contribution in [1.29, 1.82) is 0 Å². The maximum atomic E-state index is 13.7. The molecule has 118 valence electrons. The Morgan fingerprint density at radius 3 is 2.70 bits per heavy atom. The van der Waals surface area contributed by atoms with Crippen LogP contribution in [0.4, 0.5) is 10.1 Å². The van der Waals surface area contributed by atoms with Crippen LogP contribution < -0.4 is 5.32 Å². The van der Waals surface area contributed by atoms with Crippen molar-refractivity contribution in [2.24, 2.45) is 0 Å². The number of sulfone groups is 1. The van der Waals surface area contributed by atoms with Crippen LogP contribution in [0.2, 0.25) is 0 Å². The molecule has 0 bridgehead atoms. The molecule has 3 rings (SSSR count). The van der Waals surface area contributed by atoms with Crippen LogP contribution in [0, 0.1) is 5.82 Å². The van der Waals surface area contributed by atoms with Crippen LogP contribution in [-0.4, -0.2) is 24.6 Å². The van der Waals surface area contributed by atoms with Gasteiger partial charge in [-0.3, -0.25) is 4.98 Å². The predicted molar refractivity (Wildman–Crippen MR) is 86.4 cm³/mol. The highest BCUT2D eigenvalue weighted by molar-refractivity contribution is 7.90. The molecule has 0 spiro atoms. The number of hydrogen-bond acceptors (Lipinski definition) is 5. The first-order chi connectivity index (χ1) is 10.9. The lowest BCUT2D eigenvalue weighted by molar-refractivity contribution is 0.598. The zero-order chi connectivity index (χ0) is 16.4. The summed E-state index contributed by atoms with van der Waals surface area (Å²) >= 11 is 0. The van der Waals surface area contributed by atoms with Gasteiger partial charge in [-0.1, -0.05) is 6.07 Å². The van der Waals surface area contributed by atoms with E-state index in [1.807, 2.05) is 0 Å². The van der Waals surface area contributed by atoms with Gasteiger partial charge in [0.1, 0.15) is 5.82 Å². The summed E-state index contributed by atoms with van der Waals surface area (Å²) in [6.45, 7) is 0.352. The molecule has 0 aliphatic heterocycles. The van der Waals surface area contributed by atoms with Crippen LogP contribution in [0.25, 0.3) is 10.9 Å². The number of halogens is 1. The predicted octanol–water partition coefficient (Wildman–Crippen LogP) is 2.78. The van der Waals surface area contributed by atoms with Gasteiger partial charge in [0, 0.05) is 29.9 Å². The molecule has 5 nitrogen and oxygen atoms in total. The van der Waals surface area contributed by atoms with E-state index in [1.54, 1.807) is 24.4 Å². The van der Waals surface area contributed by atoms with Gasteiger partial charge < -0.3 is 5.32 Å². The van der Waals surface area contributed by atoms with Crippen LogP contribution in [0.5, 0.6) is 0 Å². The van der Waals surface area contributed by atoms with E-state index in [2.05, 4.69) is 15.3 Å². The number of benzene rings is 1. The average Bonchev–Trinajstić information content (AvgIpc) is 2.52. The first-order valence-electron chi connectivity index (χ1n) is 6.86. The molecule has 0 amide bonds. The molecule has 0 atom stereocenters. The van der Waals surface area contributed by atoms with E-state index in [0.29, 0.717) is 17.8 Å². The second kappa shape index (κ2) is 5.92. The molecular weight excluding hydrogens is 317 g/mol. The van der Waals surface area contributed by atoms with Crippen LogP contribution in [0.15, 0.2) is 53.8 Å². The highest BCUT2D eigenvalue weighted by Gasteiger charge is 2.09. The Morgan fingerprint density at radius 1 is 1.17 bits per heavy atom. The summed E-state index contributed by atoms with van der Waals surface area (Å²) in [6.07, 6.45) is 4.20. The summed E-state index contributed by atoms with van der Waals surface area (Å²) in [4.78, 5) is 8.18. The van der Waals surface area contributed by atoms with Crippen molar-refractivity contribution in [2.45, 2.75) is 11.6 Å². The molecule has 1 N–H and O–H groups in total. The number of rotatable bonds is 4. The van der Waals surface area contributed by atoms with Gasteiger partial charge in [0.15, 0.2) is 14.9 Å². The number of hydrogen-bond donors (Lipinski definition) is 1. The molecule has 0 aliphatic rings. The third-order valence-electron chi connectivity index (χ3n) is 3.35. The SMILES string of the molecule is CS(=O)(=O)c1ccc(NCc2cc(F)cc3cccnc23)cn1. The lowest BCUT2D eigenvalue weighted by Gasteiger charge is -2.09. The van der Waals surface area contributed by atoms with E-state index in [-0.39, 0.29) is 10.8 Å². The Kier molecular flexibility index (Phi) is 3.96. The first kappa shape index (κ1) is 15.4. The topological polar surface area (TPSA) is 72.0 Å². The normalized spacial score (nSPS) is 11.6. The van der Waals surface area contributed by atoms with Crippen molar-refractivity contribution in [3.05, 3.63) is 60.2 Å². The summed E-state index contributed by atoms with van der Waals surface area (Å²) in [5.41, 5.74) is 2.08. The van der Waals surface area contributed by atoms with Gasteiger partial charge in [0.25, 0.3) is 0 Å². The largest absolute Gasteiger partial charge is 0.380 e. The number of nitrogens with zero attached hydrogens (tertiary/aromatic N) is 2. The fourth-order valence-corrected chi connectivity index (χ4v) is 2.82. The average molecular weight is 331 g/mol. The molecular formula is C16H14FN3O2S. The highest BCUT2D eigenvalue weighted by atomic mass is 32.2. The number of fused-ring (bicyclic) bond motifs is 1. The molecule has 3 aromatic rings. The van der Waals surface area contributed by atoms with Gasteiger partial charge >= 0.3 is 0 Å². The molecule has 2 heterocycles. The molecule has 1 aromatic carbocycles. The minimum Gasteiger partial charge on any atom is -0.380 e. The van der Waals surface area contributed by atoms with Gasteiger partial charge in [0.2, 0.25) is 0 Å². The summed E-state index contributed by atoms with van der Waals surface area (Å²) < 4.78 is 36.4. The van der Waals surface area contributed by atoms with Crippen molar-refractivity contribution < 1.29 is 12.8 Å². The van der Waals surface area contributed by atoms with Crippen LogP contribution >= 0.6 is 0 Å². The van der Waals surface area contributed by atoms with E-state index < -0.39 is 9.84 Å². The van der Waals surface area contributed by atoms with Gasteiger partial charge in [-0.05, 0) is 30.3 Å². The minimum absolute atomic E-state index is 0.0147. The van der Waals surface area contributed by atoms with Crippen molar-refractivity contribution >= 4 is 26.4 Å². The molecule has 0 radical (unpaired) electrons. The monoisotopic (exact) mass is 331 g/mol. The van der Waals surface area contributed by atoms with Crippen molar-refractivity contribution in [2.75, 3.05) is 11.6 Å². The zero-order valence-electron chi connectivity index (χ0n) is 12.3. The molecule has 0 unspecified atom stereocenters. The van der Waals surface area contributed by atoms with Gasteiger partial charge in [-0.25, -0.2) is 17.8 Å². The second-order valence-electron chi connectivity index (χ2n) is 5.15. The van der Waals surface area contributed by atoms with Crippen LogP contribution in [0.1, 0.15) is 5.56 Å². The third kappa shape index (κ3) is 3.45. The molecule has 0 fully saturated rings. The molecule has 23 heavy (non-hydrogen) atoms. The minimum atomic E-state index is -3.32. The van der Waals surface area contributed by atoms with Gasteiger partial charge in [0.05, 0.1) is 17.4 Å². The molecule has 7 heteroatoms. The first-order valence-corrected chi connectivity index (χ1v) is 8.76. The van der Waals surface area contributed by atoms with Crippen LogP contribution in [-0.2, 0) is 16.4 Å². The molecule has 0 saturated carbocycles. The molecule has 0 aliphatic carbocycles. The Hall–Kier alpha value is -2.54. The van der Waals surface area contributed by atoms with Gasteiger partial charge in [-0.15, -0.1) is 0 Å². The maximum absolute atomic E-state index is 13.7. The molecule has 2 aromatic heterocycles. The van der Waals surface area contributed by atoms with E-state index in [4.69, 9.17) is 0 Å². The van der Waals surface area contributed by atoms with E-state index >= 15 is 0 Å². The Morgan fingerprint density at radius 2 is 2.00 bits per heavy atom. The quantitative estimate of drug-likeness (QED) is 0.796. The van der Waals surface area contributed by atoms with Crippen LogP contribution in [0.3, 0.4) is 0 Å². The summed E-state index contributed by atoms with van der Waals surface area (Å²) in [5.74, 6) is -0.326. The van der Waals surface area contributed by atoms with Crippen molar-refractivity contribution in [3.8, 4) is 0 Å². The summed E-state index contributed by atoms with van der Waals surface area (Å²) in [6, 6.07) is 9.48. The fourth-order valence-electron chi connectivity index (χ4n) is 2.26. The zero-order valence-corrected chi connectivity index (χ0v) is 13.1. The van der Waals surface area contributed by atoms with Gasteiger partial charge in [-0.2, -0.15) is 0 Å². The standard InChI is InChI=1S/C16H14FN3O2S/c1-23(21,22)15-5-4-14(10-20-15)19-9-12-8-13(17)7-11-3-2-6-18-16(11)12/h2-8,10,19H,9H2,1H3. The lowest BCUT2D eigenvalue weighted by Crippen LogP contribution is -2.04. The maximum Gasteiger partial charge on any atom is 0.192 e. The van der Waals surface area contributed by atoms with E-state index in [9.17, 15) is 12.8 Å². The lowest BCUT2D eigenvalue weighted by atomic mass is 10.1. The second-order valence-corrected chi connectivity index (χ2v) is 7.11. The number of nitrogens with one attached hydrogen (secondary N) is 1. The number of anilines is 1. The fraction of sp³-hybridized carbons (Fsp3) is 0.125. The number of aromatic nitrogens is 2. The Balaban J connectivity index is 1.84. The Labute approximate surface area is 133 Å². The summed E-state index contributed by atoms with van der Waals surface area (Å²) in [7, 11) is -3.32. The van der Waals surface area contributed by atoms with E-state index in [0.717, 1.165) is 17.2 Å². The van der Waals surface area contributed by atoms with Crippen molar-refractivity contribution in [3.63, 3.8) is 0 Å². The third-order valence-corrected chi connectivity index (χ3v) is 4.35. The van der Waals surface area contributed by atoms with E-state index in [1.165, 1.54) is 24.4 Å². The smallest absolute Gasteiger partial charge is 0.192 e.